The molecule has 2 N–H and O–H groups in total. The predicted molar refractivity (Wildman–Crippen MR) is 90.3 cm³/mol. The van der Waals surface area contributed by atoms with Crippen LogP contribution in [0.15, 0.2) is 42.5 Å². The summed E-state index contributed by atoms with van der Waals surface area (Å²) in [5, 5.41) is 4.82. The summed E-state index contributed by atoms with van der Waals surface area (Å²) in [6.07, 6.45) is -0.823. The predicted octanol–water partition coefficient (Wildman–Crippen LogP) is 2.36. The van der Waals surface area contributed by atoms with Gasteiger partial charge >= 0.3 is 6.16 Å². The Hall–Kier alpha value is -3.68. The molecule has 3 amide bonds. The Labute approximate surface area is 148 Å². The number of anilines is 1. The molecule has 0 aromatic heterocycles. The van der Waals surface area contributed by atoms with Crippen molar-refractivity contribution in [3.8, 4) is 5.75 Å². The zero-order valence-corrected chi connectivity index (χ0v) is 13.7. The van der Waals surface area contributed by atoms with E-state index in [1.807, 2.05) is 0 Å². The molecule has 132 valence electrons. The number of fused-ring (bicyclic) bond motifs is 1. The first kappa shape index (κ1) is 17.2. The largest absolute Gasteiger partial charge is 0.513 e. The van der Waals surface area contributed by atoms with Gasteiger partial charge in [0.25, 0.3) is 17.7 Å². The Morgan fingerprint density at radius 2 is 1.69 bits per heavy atom. The van der Waals surface area contributed by atoms with Gasteiger partial charge in [-0.25, -0.2) is 4.79 Å². The number of amides is 3. The number of carbonyl (C=O) groups excluding carboxylic acids is 4. The van der Waals surface area contributed by atoms with Crippen molar-refractivity contribution in [3.63, 3.8) is 0 Å². The van der Waals surface area contributed by atoms with Crippen LogP contribution in [-0.2, 0) is 4.74 Å². The van der Waals surface area contributed by atoms with Crippen molar-refractivity contribution in [2.75, 3.05) is 11.9 Å². The summed E-state index contributed by atoms with van der Waals surface area (Å²) in [6.45, 7) is 1.86. The van der Waals surface area contributed by atoms with Gasteiger partial charge in [0.15, 0.2) is 0 Å². The third kappa shape index (κ3) is 3.54. The summed E-state index contributed by atoms with van der Waals surface area (Å²) >= 11 is 0. The SMILES string of the molecule is CCOC(=O)Oc1ccc(C(=O)Nc2ccc3c(c2)C(=O)NC3=O)cc1. The second-order valence-corrected chi connectivity index (χ2v) is 5.31. The molecule has 2 aromatic rings. The Kier molecular flexibility index (Phi) is 4.66. The Bertz CT molecular complexity index is 904. The van der Waals surface area contributed by atoms with Crippen LogP contribution >= 0.6 is 0 Å². The van der Waals surface area contributed by atoms with Crippen molar-refractivity contribution in [1.29, 1.82) is 0 Å². The fourth-order valence-electron chi connectivity index (χ4n) is 2.37. The lowest BCUT2D eigenvalue weighted by Crippen LogP contribution is -2.19. The van der Waals surface area contributed by atoms with Crippen LogP contribution in [0, 0.1) is 0 Å². The van der Waals surface area contributed by atoms with Gasteiger partial charge in [0.1, 0.15) is 5.75 Å². The van der Waals surface area contributed by atoms with Crippen molar-refractivity contribution in [3.05, 3.63) is 59.2 Å². The summed E-state index contributed by atoms with van der Waals surface area (Å²) in [5.41, 5.74) is 1.19. The molecule has 3 rings (SSSR count). The summed E-state index contributed by atoms with van der Waals surface area (Å²) in [5.74, 6) is -1.13. The molecule has 1 aliphatic heterocycles. The number of benzene rings is 2. The van der Waals surface area contributed by atoms with Crippen LogP contribution in [0.1, 0.15) is 38.0 Å². The van der Waals surface area contributed by atoms with Crippen LogP contribution in [0.3, 0.4) is 0 Å². The Morgan fingerprint density at radius 1 is 1.00 bits per heavy atom. The molecular formula is C18H14N2O6. The molecule has 0 unspecified atom stereocenters. The average molecular weight is 354 g/mol. The molecule has 1 aliphatic rings. The van der Waals surface area contributed by atoms with Crippen molar-refractivity contribution < 1.29 is 28.7 Å². The Balaban J connectivity index is 1.69. The van der Waals surface area contributed by atoms with Gasteiger partial charge in [-0.05, 0) is 49.4 Å². The lowest BCUT2D eigenvalue weighted by atomic mass is 10.1. The van der Waals surface area contributed by atoms with E-state index in [4.69, 9.17) is 4.74 Å². The van der Waals surface area contributed by atoms with Gasteiger partial charge < -0.3 is 14.8 Å². The maximum Gasteiger partial charge on any atom is 0.513 e. The van der Waals surface area contributed by atoms with E-state index in [0.717, 1.165) is 0 Å². The number of carbonyl (C=O) groups is 4. The minimum Gasteiger partial charge on any atom is -0.434 e. The first-order valence-corrected chi connectivity index (χ1v) is 7.73. The lowest BCUT2D eigenvalue weighted by Gasteiger charge is -2.07. The van der Waals surface area contributed by atoms with Crippen LogP contribution < -0.4 is 15.4 Å². The van der Waals surface area contributed by atoms with E-state index < -0.39 is 23.9 Å². The van der Waals surface area contributed by atoms with E-state index in [-0.39, 0.29) is 23.5 Å². The third-order valence-corrected chi connectivity index (χ3v) is 3.57. The van der Waals surface area contributed by atoms with Crippen LogP contribution in [0.4, 0.5) is 10.5 Å². The maximum absolute atomic E-state index is 12.3. The molecule has 26 heavy (non-hydrogen) atoms. The average Bonchev–Trinajstić information content (AvgIpc) is 2.89. The molecule has 8 nitrogen and oxygen atoms in total. The molecule has 1 heterocycles. The molecule has 0 saturated carbocycles. The zero-order chi connectivity index (χ0) is 18.7. The van der Waals surface area contributed by atoms with Crippen LogP contribution in [0.25, 0.3) is 0 Å². The molecule has 0 fully saturated rings. The minimum atomic E-state index is -0.823. The fourth-order valence-corrected chi connectivity index (χ4v) is 2.37. The number of hydrogen-bond acceptors (Lipinski definition) is 6. The highest BCUT2D eigenvalue weighted by Gasteiger charge is 2.26. The number of hydrogen-bond donors (Lipinski definition) is 2. The number of ether oxygens (including phenoxy) is 2. The van der Waals surface area contributed by atoms with Gasteiger partial charge in [-0.3, -0.25) is 19.7 Å². The van der Waals surface area contributed by atoms with Gasteiger partial charge in [-0.15, -0.1) is 0 Å². The van der Waals surface area contributed by atoms with Crippen molar-refractivity contribution in [2.24, 2.45) is 0 Å². The Morgan fingerprint density at radius 3 is 2.38 bits per heavy atom. The standard InChI is InChI=1S/C18H14N2O6/c1-2-25-18(24)26-12-6-3-10(4-7-12)15(21)19-11-5-8-13-14(9-11)17(23)20-16(13)22/h3-9H,2H2,1H3,(H,19,21)(H,20,22,23). The molecule has 0 radical (unpaired) electrons. The molecule has 0 spiro atoms. The van der Waals surface area contributed by atoms with Crippen molar-refractivity contribution in [1.82, 2.24) is 5.32 Å². The highest BCUT2D eigenvalue weighted by Crippen LogP contribution is 2.21. The van der Waals surface area contributed by atoms with Crippen LogP contribution in [0.2, 0.25) is 0 Å². The lowest BCUT2D eigenvalue weighted by molar-refractivity contribution is 0.0877. The van der Waals surface area contributed by atoms with Gasteiger partial charge in [0, 0.05) is 11.3 Å². The third-order valence-electron chi connectivity index (χ3n) is 3.57. The van der Waals surface area contributed by atoms with E-state index >= 15 is 0 Å². The second kappa shape index (κ2) is 7.06. The smallest absolute Gasteiger partial charge is 0.434 e. The van der Waals surface area contributed by atoms with Gasteiger partial charge in [-0.1, -0.05) is 0 Å². The van der Waals surface area contributed by atoms with Crippen LogP contribution in [0.5, 0.6) is 5.75 Å². The zero-order valence-electron chi connectivity index (χ0n) is 13.7. The molecule has 0 bridgehead atoms. The van der Waals surface area contributed by atoms with Gasteiger partial charge in [0.2, 0.25) is 0 Å². The molecule has 2 aromatic carbocycles. The number of rotatable bonds is 4. The second-order valence-electron chi connectivity index (χ2n) is 5.31. The quantitative estimate of drug-likeness (QED) is 0.495. The van der Waals surface area contributed by atoms with Gasteiger partial charge in [0.05, 0.1) is 17.7 Å². The summed E-state index contributed by atoms with van der Waals surface area (Å²) in [4.78, 5) is 46.7. The van der Waals surface area contributed by atoms with E-state index in [0.29, 0.717) is 11.3 Å². The summed E-state index contributed by atoms with van der Waals surface area (Å²) in [6, 6.07) is 10.3. The summed E-state index contributed by atoms with van der Waals surface area (Å²) in [7, 11) is 0. The van der Waals surface area contributed by atoms with Gasteiger partial charge in [-0.2, -0.15) is 0 Å². The normalized spacial score (nSPS) is 12.2. The first-order chi connectivity index (χ1) is 12.5. The molecule has 0 atom stereocenters. The minimum absolute atomic E-state index is 0.198. The van der Waals surface area contributed by atoms with Crippen molar-refractivity contribution in [2.45, 2.75) is 6.92 Å². The highest BCUT2D eigenvalue weighted by molar-refractivity contribution is 6.22. The van der Waals surface area contributed by atoms with E-state index in [9.17, 15) is 19.2 Å². The molecule has 0 aliphatic carbocycles. The molecular weight excluding hydrogens is 340 g/mol. The number of imide groups is 1. The van der Waals surface area contributed by atoms with Crippen molar-refractivity contribution >= 4 is 29.6 Å². The summed E-state index contributed by atoms with van der Waals surface area (Å²) < 4.78 is 9.57. The monoisotopic (exact) mass is 354 g/mol. The molecule has 8 heteroatoms. The van der Waals surface area contributed by atoms with E-state index in [1.165, 1.54) is 42.5 Å². The first-order valence-electron chi connectivity index (χ1n) is 7.73. The number of nitrogens with one attached hydrogen (secondary N) is 2. The van der Waals surface area contributed by atoms with E-state index in [2.05, 4.69) is 15.4 Å². The highest BCUT2D eigenvalue weighted by atomic mass is 16.7. The van der Waals surface area contributed by atoms with Crippen LogP contribution in [-0.4, -0.2) is 30.5 Å². The topological polar surface area (TPSA) is 111 Å². The fraction of sp³-hybridized carbons (Fsp3) is 0.111. The molecule has 0 saturated heterocycles. The van der Waals surface area contributed by atoms with E-state index in [1.54, 1.807) is 6.92 Å². The maximum atomic E-state index is 12.3.